The molecule has 1 heterocycles. The van der Waals surface area contributed by atoms with Crippen LogP contribution in [0.5, 0.6) is 0 Å². The van der Waals surface area contributed by atoms with E-state index in [4.69, 9.17) is 16.3 Å². The van der Waals surface area contributed by atoms with E-state index in [0.717, 1.165) is 10.9 Å². The first kappa shape index (κ1) is 11.9. The van der Waals surface area contributed by atoms with Crippen LogP contribution in [0, 0.1) is 5.92 Å². The Morgan fingerprint density at radius 1 is 1.56 bits per heavy atom. The Kier molecular flexibility index (Phi) is 3.84. The van der Waals surface area contributed by atoms with Gasteiger partial charge in [-0.3, -0.25) is 4.79 Å². The fourth-order valence-electron chi connectivity index (χ4n) is 1.57. The molecular formula is C11H11BrClNO2. The molecule has 5 heteroatoms. The number of carbonyl (C=O) groups excluding carboxylic acids is 1. The highest BCUT2D eigenvalue weighted by atomic mass is 79.9. The second kappa shape index (κ2) is 5.17. The molecule has 1 amide bonds. The number of nitrogens with one attached hydrogen (secondary N) is 1. The number of anilines is 1. The molecule has 0 bridgehead atoms. The largest absolute Gasteiger partial charge is 0.381 e. The smallest absolute Gasteiger partial charge is 0.229 e. The molecule has 0 saturated carbocycles. The Morgan fingerprint density at radius 2 is 2.38 bits per heavy atom. The molecule has 0 aliphatic carbocycles. The summed E-state index contributed by atoms with van der Waals surface area (Å²) in [5.41, 5.74) is 0.641. The van der Waals surface area contributed by atoms with E-state index < -0.39 is 0 Å². The molecule has 0 aromatic heterocycles. The number of ether oxygens (including phenoxy) is 1. The lowest BCUT2D eigenvalue weighted by Gasteiger charge is -2.10. The minimum absolute atomic E-state index is 0.0262. The van der Waals surface area contributed by atoms with Crippen LogP contribution in [-0.2, 0) is 9.53 Å². The van der Waals surface area contributed by atoms with Gasteiger partial charge in [0.15, 0.2) is 0 Å². The molecule has 3 nitrogen and oxygen atoms in total. The first-order valence-electron chi connectivity index (χ1n) is 5.00. The summed E-state index contributed by atoms with van der Waals surface area (Å²) >= 11 is 9.32. The first-order chi connectivity index (χ1) is 7.66. The number of carbonyl (C=O) groups is 1. The van der Waals surface area contributed by atoms with E-state index in [1.54, 1.807) is 12.1 Å². The van der Waals surface area contributed by atoms with Gasteiger partial charge in [-0.15, -0.1) is 0 Å². The molecule has 1 atom stereocenters. The van der Waals surface area contributed by atoms with E-state index in [9.17, 15) is 4.79 Å². The molecule has 1 aromatic rings. The van der Waals surface area contributed by atoms with Crippen molar-refractivity contribution in [3.05, 3.63) is 27.7 Å². The molecule has 1 aromatic carbocycles. The van der Waals surface area contributed by atoms with Crippen molar-refractivity contribution in [1.29, 1.82) is 0 Å². The summed E-state index contributed by atoms with van der Waals surface area (Å²) < 4.78 is 6.05. The van der Waals surface area contributed by atoms with Crippen molar-refractivity contribution < 1.29 is 9.53 Å². The number of rotatable bonds is 2. The molecule has 16 heavy (non-hydrogen) atoms. The Hall–Kier alpha value is -0.580. The van der Waals surface area contributed by atoms with E-state index in [2.05, 4.69) is 21.2 Å². The zero-order valence-electron chi connectivity index (χ0n) is 8.50. The van der Waals surface area contributed by atoms with Crippen LogP contribution in [0.1, 0.15) is 6.42 Å². The van der Waals surface area contributed by atoms with Gasteiger partial charge in [-0.2, -0.15) is 0 Å². The zero-order chi connectivity index (χ0) is 11.5. The molecule has 1 fully saturated rings. The van der Waals surface area contributed by atoms with Gasteiger partial charge < -0.3 is 10.1 Å². The van der Waals surface area contributed by atoms with Crippen LogP contribution < -0.4 is 5.32 Å². The van der Waals surface area contributed by atoms with Gasteiger partial charge >= 0.3 is 0 Å². The van der Waals surface area contributed by atoms with Crippen molar-refractivity contribution in [2.45, 2.75) is 6.42 Å². The summed E-state index contributed by atoms with van der Waals surface area (Å²) in [6.07, 6.45) is 0.778. The van der Waals surface area contributed by atoms with Gasteiger partial charge in [-0.05, 0) is 24.6 Å². The highest BCUT2D eigenvalue weighted by molar-refractivity contribution is 9.10. The van der Waals surface area contributed by atoms with E-state index in [1.165, 1.54) is 0 Å². The summed E-state index contributed by atoms with van der Waals surface area (Å²) in [7, 11) is 0. The molecule has 2 rings (SSSR count). The van der Waals surface area contributed by atoms with E-state index in [-0.39, 0.29) is 11.8 Å². The number of hydrogen-bond acceptors (Lipinski definition) is 2. The third-order valence-electron chi connectivity index (χ3n) is 2.49. The summed E-state index contributed by atoms with van der Waals surface area (Å²) in [6.45, 7) is 1.16. The lowest BCUT2D eigenvalue weighted by Crippen LogP contribution is -2.22. The van der Waals surface area contributed by atoms with Crippen LogP contribution in [0.3, 0.4) is 0 Å². The second-order valence-corrected chi connectivity index (χ2v) is 5.00. The molecule has 1 saturated heterocycles. The van der Waals surface area contributed by atoms with Crippen LogP contribution in [0.25, 0.3) is 0 Å². The van der Waals surface area contributed by atoms with Gasteiger partial charge in [-0.25, -0.2) is 0 Å². The molecular weight excluding hydrogens is 293 g/mol. The second-order valence-electron chi connectivity index (χ2n) is 3.67. The lowest BCUT2D eigenvalue weighted by molar-refractivity contribution is -0.119. The third kappa shape index (κ3) is 2.75. The SMILES string of the molecule is O=C(Nc1ccc(Br)cc1Cl)C1CCOC1. The van der Waals surface area contributed by atoms with Crippen molar-refractivity contribution in [2.75, 3.05) is 18.5 Å². The highest BCUT2D eigenvalue weighted by Gasteiger charge is 2.23. The fraction of sp³-hybridized carbons (Fsp3) is 0.364. The van der Waals surface area contributed by atoms with Gasteiger partial charge in [0.1, 0.15) is 0 Å². The Labute approximate surface area is 107 Å². The quantitative estimate of drug-likeness (QED) is 0.912. The fourth-order valence-corrected chi connectivity index (χ4v) is 2.29. The Balaban J connectivity index is 2.05. The van der Waals surface area contributed by atoms with Gasteiger partial charge in [-0.1, -0.05) is 27.5 Å². The summed E-state index contributed by atoms with van der Waals surface area (Å²) in [4.78, 5) is 11.8. The predicted molar refractivity (Wildman–Crippen MR) is 66.7 cm³/mol. The van der Waals surface area contributed by atoms with Gasteiger partial charge in [0.05, 0.1) is 23.2 Å². The maximum absolute atomic E-state index is 11.8. The Morgan fingerprint density at radius 3 is 3.00 bits per heavy atom. The minimum Gasteiger partial charge on any atom is -0.381 e. The van der Waals surface area contributed by atoms with Crippen LogP contribution in [0.2, 0.25) is 5.02 Å². The standard InChI is InChI=1S/C11H11BrClNO2/c12-8-1-2-10(9(13)5-8)14-11(15)7-3-4-16-6-7/h1-2,5,7H,3-4,6H2,(H,14,15). The molecule has 1 aliphatic heterocycles. The van der Waals surface area contributed by atoms with E-state index >= 15 is 0 Å². The highest BCUT2D eigenvalue weighted by Crippen LogP contribution is 2.26. The van der Waals surface area contributed by atoms with E-state index in [0.29, 0.717) is 23.9 Å². The summed E-state index contributed by atoms with van der Waals surface area (Å²) in [5.74, 6) is -0.0820. The van der Waals surface area contributed by atoms with Gasteiger partial charge in [0.25, 0.3) is 0 Å². The van der Waals surface area contributed by atoms with Crippen molar-refractivity contribution in [1.82, 2.24) is 0 Å². The van der Waals surface area contributed by atoms with Crippen LogP contribution in [0.4, 0.5) is 5.69 Å². The first-order valence-corrected chi connectivity index (χ1v) is 6.17. The number of amides is 1. The molecule has 0 radical (unpaired) electrons. The molecule has 0 spiro atoms. The van der Waals surface area contributed by atoms with Crippen LogP contribution in [0.15, 0.2) is 22.7 Å². The maximum Gasteiger partial charge on any atom is 0.229 e. The van der Waals surface area contributed by atoms with Crippen LogP contribution >= 0.6 is 27.5 Å². The van der Waals surface area contributed by atoms with Gasteiger partial charge in [0, 0.05) is 11.1 Å². The van der Waals surface area contributed by atoms with Crippen molar-refractivity contribution in [3.63, 3.8) is 0 Å². The number of benzene rings is 1. The topological polar surface area (TPSA) is 38.3 Å². The zero-order valence-corrected chi connectivity index (χ0v) is 10.8. The van der Waals surface area contributed by atoms with Crippen LogP contribution in [-0.4, -0.2) is 19.1 Å². The minimum atomic E-state index is -0.0558. The molecule has 1 aliphatic rings. The molecule has 86 valence electrons. The predicted octanol–water partition coefficient (Wildman–Crippen LogP) is 3.08. The summed E-state index contributed by atoms with van der Waals surface area (Å²) in [5, 5.41) is 3.34. The average molecular weight is 305 g/mol. The van der Waals surface area contributed by atoms with Gasteiger partial charge in [0.2, 0.25) is 5.91 Å². The molecule has 1 N–H and O–H groups in total. The third-order valence-corrected chi connectivity index (χ3v) is 3.30. The van der Waals surface area contributed by atoms with Crippen molar-refractivity contribution >= 4 is 39.1 Å². The van der Waals surface area contributed by atoms with Crippen molar-refractivity contribution in [2.24, 2.45) is 5.92 Å². The Bertz CT molecular complexity index is 405. The van der Waals surface area contributed by atoms with Crippen molar-refractivity contribution in [3.8, 4) is 0 Å². The monoisotopic (exact) mass is 303 g/mol. The number of hydrogen-bond donors (Lipinski definition) is 1. The van der Waals surface area contributed by atoms with E-state index in [1.807, 2.05) is 6.07 Å². The average Bonchev–Trinajstić information content (AvgIpc) is 2.75. The summed E-state index contributed by atoms with van der Waals surface area (Å²) in [6, 6.07) is 5.37. The lowest BCUT2D eigenvalue weighted by atomic mass is 10.1. The number of halogens is 2. The molecule has 1 unspecified atom stereocenters. The maximum atomic E-state index is 11.8. The normalized spacial score (nSPS) is 19.8.